The molecule has 1 N–H and O–H groups in total. The zero-order chi connectivity index (χ0) is 14.6. The molecule has 1 aromatic heterocycles. The minimum atomic E-state index is 0.177. The first-order valence-electron chi connectivity index (χ1n) is 7.88. The molecular weight excluding hydrogens is 246 g/mol. The second-order valence-corrected chi connectivity index (χ2v) is 7.13. The van der Waals surface area contributed by atoms with Gasteiger partial charge in [-0.25, -0.2) is 4.98 Å². The Hall–Kier alpha value is -1.09. The van der Waals surface area contributed by atoms with Crippen LogP contribution < -0.4 is 5.32 Å². The Morgan fingerprint density at radius 1 is 1.25 bits per heavy atom. The summed E-state index contributed by atoms with van der Waals surface area (Å²) in [4.78, 5) is 7.06. The fourth-order valence-corrected chi connectivity index (χ4v) is 2.57. The number of hydrogen-bond donors (Lipinski definition) is 1. The van der Waals surface area contributed by atoms with E-state index in [1.54, 1.807) is 0 Å². The van der Waals surface area contributed by atoms with Crippen LogP contribution in [0.5, 0.6) is 0 Å². The molecule has 0 unspecified atom stereocenters. The third kappa shape index (κ3) is 4.48. The number of nitrogens with one attached hydrogen (secondary N) is 1. The van der Waals surface area contributed by atoms with Gasteiger partial charge in [0.2, 0.25) is 0 Å². The van der Waals surface area contributed by atoms with Crippen molar-refractivity contribution in [1.82, 2.24) is 9.88 Å². The van der Waals surface area contributed by atoms with Gasteiger partial charge in [0, 0.05) is 19.3 Å². The van der Waals surface area contributed by atoms with Crippen molar-refractivity contribution in [2.45, 2.75) is 46.0 Å². The van der Waals surface area contributed by atoms with Crippen LogP contribution in [-0.2, 0) is 5.41 Å². The Morgan fingerprint density at radius 2 is 1.95 bits per heavy atom. The summed E-state index contributed by atoms with van der Waals surface area (Å²) < 4.78 is 0. The summed E-state index contributed by atoms with van der Waals surface area (Å²) in [6.45, 7) is 13.6. The van der Waals surface area contributed by atoms with Crippen LogP contribution in [0.4, 0.5) is 5.82 Å². The summed E-state index contributed by atoms with van der Waals surface area (Å²) >= 11 is 0. The molecule has 0 spiro atoms. The molecule has 2 heterocycles. The summed E-state index contributed by atoms with van der Waals surface area (Å²) in [6, 6.07) is 4.27. The molecule has 1 aliphatic rings. The number of nitrogens with zero attached hydrogens (tertiary/aromatic N) is 2. The molecule has 0 radical (unpaired) electrons. The van der Waals surface area contributed by atoms with Crippen LogP contribution in [0, 0.1) is 5.92 Å². The van der Waals surface area contributed by atoms with Crippen molar-refractivity contribution in [2.24, 2.45) is 5.92 Å². The molecular formula is C17H29N3. The van der Waals surface area contributed by atoms with E-state index in [9.17, 15) is 0 Å². The number of piperidine rings is 1. The van der Waals surface area contributed by atoms with E-state index in [1.807, 2.05) is 6.20 Å². The van der Waals surface area contributed by atoms with Crippen LogP contribution in [0.3, 0.4) is 0 Å². The van der Waals surface area contributed by atoms with E-state index in [2.05, 4.69) is 55.0 Å². The van der Waals surface area contributed by atoms with Gasteiger partial charge in [-0.15, -0.1) is 0 Å². The Balaban J connectivity index is 1.74. The highest BCUT2D eigenvalue weighted by atomic mass is 15.1. The first kappa shape index (κ1) is 15.3. The van der Waals surface area contributed by atoms with Crippen LogP contribution in [0.25, 0.3) is 0 Å². The quantitative estimate of drug-likeness (QED) is 0.911. The molecule has 3 heteroatoms. The van der Waals surface area contributed by atoms with E-state index in [1.165, 1.54) is 31.5 Å². The fraction of sp³-hybridized carbons (Fsp3) is 0.706. The van der Waals surface area contributed by atoms with E-state index in [0.717, 1.165) is 24.8 Å². The van der Waals surface area contributed by atoms with Crippen molar-refractivity contribution in [3.8, 4) is 0 Å². The highest BCUT2D eigenvalue weighted by Gasteiger charge is 2.15. The summed E-state index contributed by atoms with van der Waals surface area (Å²) in [7, 11) is 0. The first-order chi connectivity index (χ1) is 9.45. The molecule has 0 saturated carbocycles. The minimum Gasteiger partial charge on any atom is -0.369 e. The summed E-state index contributed by atoms with van der Waals surface area (Å²) in [5, 5.41) is 3.43. The maximum absolute atomic E-state index is 4.51. The molecule has 0 aliphatic carbocycles. The number of likely N-dealkylation sites (tertiary alicyclic amines) is 1. The van der Waals surface area contributed by atoms with Gasteiger partial charge in [0.05, 0.1) is 0 Å². The molecule has 0 amide bonds. The van der Waals surface area contributed by atoms with Crippen LogP contribution >= 0.6 is 0 Å². The van der Waals surface area contributed by atoms with Gasteiger partial charge in [-0.1, -0.05) is 33.8 Å². The zero-order valence-electron chi connectivity index (χ0n) is 13.4. The monoisotopic (exact) mass is 275 g/mol. The normalized spacial score (nSPS) is 18.2. The van der Waals surface area contributed by atoms with Crippen LogP contribution in [0.1, 0.15) is 46.1 Å². The Morgan fingerprint density at radius 3 is 2.50 bits per heavy atom. The predicted octanol–water partition coefficient (Wildman–Crippen LogP) is 3.52. The number of anilines is 1. The molecule has 0 atom stereocenters. The molecule has 1 saturated heterocycles. The lowest BCUT2D eigenvalue weighted by Gasteiger charge is -2.30. The van der Waals surface area contributed by atoms with Crippen molar-refractivity contribution in [3.63, 3.8) is 0 Å². The van der Waals surface area contributed by atoms with E-state index in [-0.39, 0.29) is 5.41 Å². The number of rotatable bonds is 4. The summed E-state index contributed by atoms with van der Waals surface area (Å²) in [5.41, 5.74) is 1.46. The molecule has 0 aromatic carbocycles. The van der Waals surface area contributed by atoms with Crippen molar-refractivity contribution in [2.75, 3.05) is 31.5 Å². The topological polar surface area (TPSA) is 28.2 Å². The van der Waals surface area contributed by atoms with Gasteiger partial charge in [0.1, 0.15) is 5.82 Å². The fourth-order valence-electron chi connectivity index (χ4n) is 2.57. The van der Waals surface area contributed by atoms with Crippen molar-refractivity contribution < 1.29 is 0 Å². The molecule has 20 heavy (non-hydrogen) atoms. The standard InChI is InChI=1S/C17H29N3/c1-14-7-10-20(11-8-14)12-9-18-16-6-5-15(13-19-16)17(2,3)4/h5-6,13-14H,7-12H2,1-4H3,(H,18,19). The minimum absolute atomic E-state index is 0.177. The molecule has 3 nitrogen and oxygen atoms in total. The lowest BCUT2D eigenvalue weighted by molar-refractivity contribution is 0.199. The smallest absolute Gasteiger partial charge is 0.125 e. The highest BCUT2D eigenvalue weighted by molar-refractivity contribution is 5.37. The van der Waals surface area contributed by atoms with Gasteiger partial charge in [-0.3, -0.25) is 0 Å². The number of hydrogen-bond acceptors (Lipinski definition) is 3. The number of pyridine rings is 1. The zero-order valence-corrected chi connectivity index (χ0v) is 13.4. The van der Waals surface area contributed by atoms with E-state index in [4.69, 9.17) is 0 Å². The van der Waals surface area contributed by atoms with Gasteiger partial charge < -0.3 is 10.2 Å². The Bertz CT molecular complexity index is 397. The second-order valence-electron chi connectivity index (χ2n) is 7.13. The first-order valence-corrected chi connectivity index (χ1v) is 7.88. The lowest BCUT2D eigenvalue weighted by Crippen LogP contribution is -2.36. The molecule has 1 aliphatic heterocycles. The third-order valence-electron chi connectivity index (χ3n) is 4.24. The van der Waals surface area contributed by atoms with E-state index in [0.29, 0.717) is 0 Å². The van der Waals surface area contributed by atoms with Gasteiger partial charge in [0.15, 0.2) is 0 Å². The molecule has 1 fully saturated rings. The van der Waals surface area contributed by atoms with Gasteiger partial charge in [-0.05, 0) is 48.9 Å². The van der Waals surface area contributed by atoms with E-state index >= 15 is 0 Å². The summed E-state index contributed by atoms with van der Waals surface area (Å²) in [6.07, 6.45) is 4.68. The van der Waals surface area contributed by atoms with Crippen molar-refractivity contribution >= 4 is 5.82 Å². The second kappa shape index (κ2) is 6.57. The molecule has 0 bridgehead atoms. The van der Waals surface area contributed by atoms with Crippen LogP contribution in [-0.4, -0.2) is 36.1 Å². The van der Waals surface area contributed by atoms with Gasteiger partial charge in [-0.2, -0.15) is 0 Å². The SMILES string of the molecule is CC1CCN(CCNc2ccc(C(C)(C)C)cn2)CC1. The molecule has 1 aromatic rings. The van der Waals surface area contributed by atoms with Crippen molar-refractivity contribution in [1.29, 1.82) is 0 Å². The molecule has 2 rings (SSSR count). The maximum Gasteiger partial charge on any atom is 0.125 e. The van der Waals surface area contributed by atoms with E-state index < -0.39 is 0 Å². The average molecular weight is 275 g/mol. The van der Waals surface area contributed by atoms with Gasteiger partial charge in [0.25, 0.3) is 0 Å². The molecule has 112 valence electrons. The lowest BCUT2D eigenvalue weighted by atomic mass is 9.88. The maximum atomic E-state index is 4.51. The Labute approximate surface area is 123 Å². The third-order valence-corrected chi connectivity index (χ3v) is 4.24. The van der Waals surface area contributed by atoms with Crippen LogP contribution in [0.15, 0.2) is 18.3 Å². The van der Waals surface area contributed by atoms with Crippen molar-refractivity contribution in [3.05, 3.63) is 23.9 Å². The largest absolute Gasteiger partial charge is 0.369 e. The predicted molar refractivity (Wildman–Crippen MR) is 86.3 cm³/mol. The summed E-state index contributed by atoms with van der Waals surface area (Å²) in [5.74, 6) is 1.90. The van der Waals surface area contributed by atoms with Gasteiger partial charge >= 0.3 is 0 Å². The number of aromatic nitrogens is 1. The average Bonchev–Trinajstić information content (AvgIpc) is 2.41. The Kier molecular flexibility index (Phi) is 5.03. The van der Waals surface area contributed by atoms with Crippen LogP contribution in [0.2, 0.25) is 0 Å². The highest BCUT2D eigenvalue weighted by Crippen LogP contribution is 2.21.